The van der Waals surface area contributed by atoms with E-state index in [-0.39, 0.29) is 23.1 Å². The molecule has 0 radical (unpaired) electrons. The van der Waals surface area contributed by atoms with E-state index in [2.05, 4.69) is 9.62 Å². The molecule has 0 saturated carbocycles. The fourth-order valence-corrected chi connectivity index (χ4v) is 4.98. The Bertz CT molecular complexity index is 1020. The molecule has 1 N–H and O–H groups in total. The summed E-state index contributed by atoms with van der Waals surface area (Å²) >= 11 is 5.88. The maximum atomic E-state index is 13.0. The lowest BCUT2D eigenvalue weighted by Crippen LogP contribution is -2.44. The number of amides is 1. The smallest absolute Gasteiger partial charge is 0.253 e. The van der Waals surface area contributed by atoms with Crippen molar-refractivity contribution in [3.05, 3.63) is 58.6 Å². The number of carbonyl (C=O) groups excluding carboxylic acids is 1. The minimum atomic E-state index is -3.90. The fraction of sp³-hybridized carbons (Fsp3) is 0.409. The third kappa shape index (κ3) is 5.77. The van der Waals surface area contributed by atoms with E-state index in [4.69, 9.17) is 16.3 Å². The minimum absolute atomic E-state index is 0.0574. The molecule has 1 heterocycles. The molecular formula is C22H28ClN3O4S. The van der Waals surface area contributed by atoms with E-state index in [0.29, 0.717) is 29.7 Å². The number of nitrogens with one attached hydrogen (secondary N) is 1. The molecule has 1 aliphatic rings. The van der Waals surface area contributed by atoms with Gasteiger partial charge >= 0.3 is 0 Å². The number of rotatable bonds is 7. The first-order valence-electron chi connectivity index (χ1n) is 10.1. The first kappa shape index (κ1) is 23.5. The summed E-state index contributed by atoms with van der Waals surface area (Å²) in [6.07, 6.45) is 1.78. The normalized spacial score (nSPS) is 15.3. The van der Waals surface area contributed by atoms with Crippen LogP contribution in [0.4, 0.5) is 0 Å². The lowest BCUT2D eigenvalue weighted by Gasteiger charge is -2.35. The molecule has 9 heteroatoms. The number of benzene rings is 2. The van der Waals surface area contributed by atoms with Gasteiger partial charge in [0.15, 0.2) is 0 Å². The molecule has 7 nitrogen and oxygen atoms in total. The molecule has 0 aliphatic carbocycles. The van der Waals surface area contributed by atoms with Gasteiger partial charge in [0.1, 0.15) is 10.6 Å². The summed E-state index contributed by atoms with van der Waals surface area (Å²) in [5.74, 6) is 0.0143. The predicted octanol–water partition coefficient (Wildman–Crippen LogP) is 2.99. The van der Waals surface area contributed by atoms with E-state index < -0.39 is 10.0 Å². The number of halogens is 1. The summed E-state index contributed by atoms with van der Waals surface area (Å²) in [6.45, 7) is 1.38. The highest BCUT2D eigenvalue weighted by atomic mass is 35.5. The van der Waals surface area contributed by atoms with Crippen molar-refractivity contribution in [2.75, 3.05) is 34.3 Å². The van der Waals surface area contributed by atoms with Gasteiger partial charge in [0.2, 0.25) is 10.0 Å². The first-order valence-corrected chi connectivity index (χ1v) is 11.9. The Kier molecular flexibility index (Phi) is 7.59. The highest BCUT2D eigenvalue weighted by Gasteiger charge is 2.27. The zero-order valence-corrected chi connectivity index (χ0v) is 19.5. The number of piperidine rings is 1. The molecule has 2 aromatic carbocycles. The van der Waals surface area contributed by atoms with Crippen LogP contribution >= 0.6 is 11.6 Å². The van der Waals surface area contributed by atoms with Crippen molar-refractivity contribution in [1.29, 1.82) is 0 Å². The van der Waals surface area contributed by atoms with E-state index in [1.165, 1.54) is 19.2 Å². The second-order valence-corrected chi connectivity index (χ2v) is 9.98. The van der Waals surface area contributed by atoms with E-state index in [0.717, 1.165) is 18.4 Å². The summed E-state index contributed by atoms with van der Waals surface area (Å²) in [4.78, 5) is 16.9. The number of ether oxygens (including phenoxy) is 1. The van der Waals surface area contributed by atoms with Crippen molar-refractivity contribution < 1.29 is 17.9 Å². The van der Waals surface area contributed by atoms with Crippen LogP contribution in [0, 0.1) is 0 Å². The van der Waals surface area contributed by atoms with E-state index >= 15 is 0 Å². The molecular weight excluding hydrogens is 438 g/mol. The topological polar surface area (TPSA) is 79.0 Å². The summed E-state index contributed by atoms with van der Waals surface area (Å²) in [7, 11) is 1.58. The lowest BCUT2D eigenvalue weighted by molar-refractivity contribution is 0.0663. The molecule has 1 amide bonds. The van der Waals surface area contributed by atoms with Crippen molar-refractivity contribution in [3.8, 4) is 5.75 Å². The fourth-order valence-electron chi connectivity index (χ4n) is 3.65. The van der Waals surface area contributed by atoms with E-state index in [1.54, 1.807) is 35.2 Å². The third-order valence-corrected chi connectivity index (χ3v) is 7.24. The maximum absolute atomic E-state index is 13.0. The van der Waals surface area contributed by atoms with E-state index in [9.17, 15) is 13.2 Å². The molecule has 31 heavy (non-hydrogen) atoms. The number of likely N-dealkylation sites (tertiary alicyclic amines) is 1. The summed E-state index contributed by atoms with van der Waals surface area (Å²) < 4.78 is 33.8. The molecule has 0 bridgehead atoms. The minimum Gasteiger partial charge on any atom is -0.495 e. The van der Waals surface area contributed by atoms with Crippen LogP contribution in [-0.4, -0.2) is 64.5 Å². The standard InChI is InChI=1S/C22H28ClN3O4S/c1-25(2)19-10-12-26(13-11-19)22(27)17-6-9-20(30-3)21(14-17)31(28,29)24-15-16-4-7-18(23)8-5-16/h4-9,14,19,24H,10-13,15H2,1-3H3. The number of methoxy groups -OCH3 is 1. The van der Waals surface area contributed by atoms with Gasteiger partial charge in [-0.05, 0) is 62.8 Å². The molecule has 0 spiro atoms. The molecule has 1 fully saturated rings. The van der Waals surface area contributed by atoms with Gasteiger partial charge in [0.05, 0.1) is 7.11 Å². The summed E-state index contributed by atoms with van der Waals surface area (Å²) in [5.41, 5.74) is 1.10. The zero-order valence-electron chi connectivity index (χ0n) is 18.0. The van der Waals surface area contributed by atoms with Crippen LogP contribution in [0.15, 0.2) is 47.4 Å². The average molecular weight is 466 g/mol. The maximum Gasteiger partial charge on any atom is 0.253 e. The number of hydrogen-bond acceptors (Lipinski definition) is 5. The highest BCUT2D eigenvalue weighted by molar-refractivity contribution is 7.89. The SMILES string of the molecule is COc1ccc(C(=O)N2CCC(N(C)C)CC2)cc1S(=O)(=O)NCc1ccc(Cl)cc1. The largest absolute Gasteiger partial charge is 0.495 e. The van der Waals surface area contributed by atoms with Gasteiger partial charge in [0.25, 0.3) is 5.91 Å². The Morgan fingerprint density at radius 2 is 1.81 bits per heavy atom. The molecule has 0 aromatic heterocycles. The van der Waals surface area contributed by atoms with Crippen LogP contribution < -0.4 is 9.46 Å². The molecule has 3 rings (SSSR count). The number of nitrogens with zero attached hydrogens (tertiary/aromatic N) is 2. The quantitative estimate of drug-likeness (QED) is 0.680. The Morgan fingerprint density at radius 1 is 1.16 bits per heavy atom. The Labute approximate surface area is 189 Å². The third-order valence-electron chi connectivity index (χ3n) is 5.56. The average Bonchev–Trinajstić information content (AvgIpc) is 2.78. The van der Waals surface area contributed by atoms with Crippen LogP contribution in [0.25, 0.3) is 0 Å². The Morgan fingerprint density at radius 3 is 2.39 bits per heavy atom. The van der Waals surface area contributed by atoms with Crippen LogP contribution in [-0.2, 0) is 16.6 Å². The van der Waals surface area contributed by atoms with Crippen LogP contribution in [0.1, 0.15) is 28.8 Å². The molecule has 1 saturated heterocycles. The Balaban J connectivity index is 1.78. The van der Waals surface area contributed by atoms with Gasteiger partial charge in [-0.1, -0.05) is 23.7 Å². The first-order chi connectivity index (χ1) is 14.7. The van der Waals surface area contributed by atoms with Gasteiger partial charge < -0.3 is 14.5 Å². The highest BCUT2D eigenvalue weighted by Crippen LogP contribution is 2.26. The van der Waals surface area contributed by atoms with Gasteiger partial charge in [-0.3, -0.25) is 4.79 Å². The second kappa shape index (κ2) is 9.99. The zero-order chi connectivity index (χ0) is 22.6. The summed E-state index contributed by atoms with van der Waals surface area (Å²) in [6, 6.07) is 11.9. The van der Waals surface area contributed by atoms with Crippen LogP contribution in [0.3, 0.4) is 0 Å². The van der Waals surface area contributed by atoms with Crippen molar-refractivity contribution in [3.63, 3.8) is 0 Å². The van der Waals surface area contributed by atoms with Crippen molar-refractivity contribution in [2.45, 2.75) is 30.3 Å². The second-order valence-electron chi connectivity index (χ2n) is 7.80. The monoisotopic (exact) mass is 465 g/mol. The number of carbonyl (C=O) groups is 1. The molecule has 1 aliphatic heterocycles. The Hall–Kier alpha value is -2.13. The van der Waals surface area contributed by atoms with Gasteiger partial charge in [-0.25, -0.2) is 13.1 Å². The van der Waals surface area contributed by atoms with Gasteiger partial charge in [-0.15, -0.1) is 0 Å². The van der Waals surface area contributed by atoms with Gasteiger partial charge in [0, 0.05) is 36.3 Å². The van der Waals surface area contributed by atoms with Crippen molar-refractivity contribution >= 4 is 27.5 Å². The summed E-state index contributed by atoms with van der Waals surface area (Å²) in [5, 5.41) is 0.578. The molecule has 0 unspecified atom stereocenters. The molecule has 168 valence electrons. The number of hydrogen-bond donors (Lipinski definition) is 1. The lowest BCUT2D eigenvalue weighted by atomic mass is 10.0. The van der Waals surface area contributed by atoms with Crippen molar-refractivity contribution in [1.82, 2.24) is 14.5 Å². The van der Waals surface area contributed by atoms with Crippen LogP contribution in [0.5, 0.6) is 5.75 Å². The molecule has 2 aromatic rings. The number of sulfonamides is 1. The van der Waals surface area contributed by atoms with Gasteiger partial charge in [-0.2, -0.15) is 0 Å². The van der Waals surface area contributed by atoms with E-state index in [1.807, 2.05) is 14.1 Å². The molecule has 0 atom stereocenters. The predicted molar refractivity (Wildman–Crippen MR) is 121 cm³/mol. The van der Waals surface area contributed by atoms with Crippen molar-refractivity contribution in [2.24, 2.45) is 0 Å². The van der Waals surface area contributed by atoms with Crippen LogP contribution in [0.2, 0.25) is 5.02 Å².